The lowest BCUT2D eigenvalue weighted by Gasteiger charge is -2.18. The zero-order valence-electron chi connectivity index (χ0n) is 15.8. The number of hydrogen-bond donors (Lipinski definition) is 0. The van der Waals surface area contributed by atoms with Gasteiger partial charge in [0.25, 0.3) is 5.91 Å². The number of carbonyl (C=O) groups excluding carboxylic acids is 2. The minimum atomic E-state index is -0.312. The van der Waals surface area contributed by atoms with Gasteiger partial charge in [-0.15, -0.1) is 0 Å². The lowest BCUT2D eigenvalue weighted by atomic mass is 10.1. The summed E-state index contributed by atoms with van der Waals surface area (Å²) in [5.74, 6) is 0.548. The van der Waals surface area contributed by atoms with Gasteiger partial charge >= 0.3 is 5.97 Å². The van der Waals surface area contributed by atoms with Crippen molar-refractivity contribution in [3.63, 3.8) is 0 Å². The molecule has 2 aromatic carbocycles. The van der Waals surface area contributed by atoms with Gasteiger partial charge in [-0.25, -0.2) is 0 Å². The maximum absolute atomic E-state index is 12.3. The number of hydrogen-bond acceptors (Lipinski definition) is 4. The zero-order chi connectivity index (χ0) is 19.2. The van der Waals surface area contributed by atoms with E-state index >= 15 is 0 Å². The summed E-state index contributed by atoms with van der Waals surface area (Å²) in [5.41, 5.74) is 1.02. The van der Waals surface area contributed by atoms with Crippen LogP contribution in [-0.4, -0.2) is 37.5 Å². The molecule has 1 amide bonds. The minimum absolute atomic E-state index is 0.208. The number of esters is 1. The van der Waals surface area contributed by atoms with Gasteiger partial charge in [-0.2, -0.15) is 0 Å². The molecule has 2 aromatic rings. The summed E-state index contributed by atoms with van der Waals surface area (Å²) in [6.45, 7) is 0.250. The fourth-order valence-corrected chi connectivity index (χ4v) is 3.25. The van der Waals surface area contributed by atoms with Gasteiger partial charge in [-0.1, -0.05) is 30.4 Å². The summed E-state index contributed by atoms with van der Waals surface area (Å²) < 4.78 is 10.4. The third kappa shape index (κ3) is 5.09. The molecule has 3 rings (SSSR count). The van der Waals surface area contributed by atoms with Crippen LogP contribution in [-0.2, 0) is 20.9 Å². The molecule has 0 bridgehead atoms. The second-order valence-electron chi connectivity index (χ2n) is 6.93. The van der Waals surface area contributed by atoms with E-state index in [2.05, 4.69) is 12.1 Å². The molecule has 0 aliphatic heterocycles. The number of allylic oxidation sites excluding steroid dienone is 2. The van der Waals surface area contributed by atoms with Gasteiger partial charge in [0, 0.05) is 13.6 Å². The number of fused-ring (bicyclic) bond motifs is 1. The van der Waals surface area contributed by atoms with Crippen LogP contribution in [0.3, 0.4) is 0 Å². The van der Waals surface area contributed by atoms with E-state index in [1.165, 1.54) is 0 Å². The van der Waals surface area contributed by atoms with Crippen LogP contribution in [0.4, 0.5) is 0 Å². The SMILES string of the molecule is COc1ccc2cc(CN(C)C(=O)COC(=O)C[C@H]3C=CCC3)ccc2c1. The number of rotatable bonds is 7. The summed E-state index contributed by atoms with van der Waals surface area (Å²) in [7, 11) is 3.36. The van der Waals surface area contributed by atoms with Crippen LogP contribution in [0, 0.1) is 5.92 Å². The molecular formula is C22H25NO4. The molecule has 1 atom stereocenters. The molecule has 0 spiro atoms. The molecule has 1 aliphatic rings. The van der Waals surface area contributed by atoms with E-state index in [1.54, 1.807) is 19.1 Å². The number of amides is 1. The van der Waals surface area contributed by atoms with Crippen molar-refractivity contribution in [2.24, 2.45) is 5.92 Å². The van der Waals surface area contributed by atoms with E-state index in [0.29, 0.717) is 13.0 Å². The number of carbonyl (C=O) groups is 2. The Hall–Kier alpha value is -2.82. The highest BCUT2D eigenvalue weighted by Gasteiger charge is 2.17. The van der Waals surface area contributed by atoms with Crippen molar-refractivity contribution in [1.82, 2.24) is 4.90 Å². The molecule has 5 heteroatoms. The van der Waals surface area contributed by atoms with Crippen molar-refractivity contribution in [3.05, 3.63) is 54.1 Å². The number of ether oxygens (including phenoxy) is 2. The quantitative estimate of drug-likeness (QED) is 0.553. The van der Waals surface area contributed by atoms with Crippen molar-refractivity contribution < 1.29 is 19.1 Å². The maximum atomic E-state index is 12.3. The third-order valence-electron chi connectivity index (χ3n) is 4.86. The van der Waals surface area contributed by atoms with E-state index in [4.69, 9.17) is 9.47 Å². The third-order valence-corrected chi connectivity index (χ3v) is 4.86. The van der Waals surface area contributed by atoms with Crippen LogP contribution >= 0.6 is 0 Å². The van der Waals surface area contributed by atoms with Crippen LogP contribution in [0.2, 0.25) is 0 Å². The van der Waals surface area contributed by atoms with Gasteiger partial charge in [0.2, 0.25) is 0 Å². The molecule has 1 aliphatic carbocycles. The Labute approximate surface area is 159 Å². The lowest BCUT2D eigenvalue weighted by molar-refractivity contribution is -0.152. The number of likely N-dealkylation sites (N-methyl/N-ethyl adjacent to an activating group) is 1. The summed E-state index contributed by atoms with van der Waals surface area (Å²) in [6.07, 6.45) is 6.47. The van der Waals surface area contributed by atoms with Crippen LogP contribution in [0.1, 0.15) is 24.8 Å². The van der Waals surface area contributed by atoms with E-state index in [1.807, 2.05) is 36.4 Å². The Morgan fingerprint density at radius 3 is 2.67 bits per heavy atom. The van der Waals surface area contributed by atoms with Gasteiger partial charge in [-0.05, 0) is 53.3 Å². The van der Waals surface area contributed by atoms with E-state index in [-0.39, 0.29) is 24.4 Å². The molecule has 0 unspecified atom stereocenters. The molecule has 0 saturated carbocycles. The monoisotopic (exact) mass is 367 g/mol. The van der Waals surface area contributed by atoms with Crippen molar-refractivity contribution in [2.75, 3.05) is 20.8 Å². The Morgan fingerprint density at radius 2 is 1.93 bits per heavy atom. The fraction of sp³-hybridized carbons (Fsp3) is 0.364. The van der Waals surface area contributed by atoms with Crippen molar-refractivity contribution in [1.29, 1.82) is 0 Å². The van der Waals surface area contributed by atoms with Crippen molar-refractivity contribution >= 4 is 22.6 Å². The summed E-state index contributed by atoms with van der Waals surface area (Å²) >= 11 is 0. The summed E-state index contributed by atoms with van der Waals surface area (Å²) in [5, 5.41) is 2.17. The van der Waals surface area contributed by atoms with Gasteiger partial charge in [-0.3, -0.25) is 9.59 Å². The minimum Gasteiger partial charge on any atom is -0.497 e. The molecular weight excluding hydrogens is 342 g/mol. The Balaban J connectivity index is 1.52. The predicted molar refractivity (Wildman–Crippen MR) is 104 cm³/mol. The van der Waals surface area contributed by atoms with Crippen LogP contribution in [0.15, 0.2) is 48.6 Å². The Morgan fingerprint density at radius 1 is 1.15 bits per heavy atom. The van der Waals surface area contributed by atoms with E-state index < -0.39 is 0 Å². The molecule has 5 nitrogen and oxygen atoms in total. The molecule has 0 heterocycles. The molecule has 0 aromatic heterocycles. The largest absolute Gasteiger partial charge is 0.497 e. The molecule has 0 radical (unpaired) electrons. The predicted octanol–water partition coefficient (Wildman–Crippen LogP) is 3.71. The molecule has 0 saturated heterocycles. The highest BCUT2D eigenvalue weighted by Crippen LogP contribution is 2.23. The standard InChI is InChI=1S/C22H25NO4/c1-23(21(24)15-27-22(25)12-16-5-3-4-6-16)14-17-7-8-19-13-20(26-2)10-9-18(19)11-17/h3,5,7-11,13,16H,4,6,12,14-15H2,1-2H3/t16-/m0/s1. The molecule has 27 heavy (non-hydrogen) atoms. The van der Waals surface area contributed by atoms with Gasteiger partial charge in [0.05, 0.1) is 13.5 Å². The van der Waals surface area contributed by atoms with Crippen LogP contribution < -0.4 is 4.74 Å². The molecule has 0 fully saturated rings. The maximum Gasteiger partial charge on any atom is 0.306 e. The average Bonchev–Trinajstić information content (AvgIpc) is 3.18. The van der Waals surface area contributed by atoms with Crippen molar-refractivity contribution in [2.45, 2.75) is 25.8 Å². The first-order valence-electron chi connectivity index (χ1n) is 9.18. The van der Waals surface area contributed by atoms with E-state index in [9.17, 15) is 9.59 Å². The van der Waals surface area contributed by atoms with Gasteiger partial charge in [0.15, 0.2) is 6.61 Å². The highest BCUT2D eigenvalue weighted by atomic mass is 16.5. The first-order valence-corrected chi connectivity index (χ1v) is 9.18. The molecule has 142 valence electrons. The Bertz CT molecular complexity index is 859. The zero-order valence-corrected chi connectivity index (χ0v) is 15.8. The van der Waals surface area contributed by atoms with Gasteiger partial charge in [0.1, 0.15) is 5.75 Å². The first-order chi connectivity index (χ1) is 13.0. The number of benzene rings is 2. The van der Waals surface area contributed by atoms with Crippen LogP contribution in [0.5, 0.6) is 5.75 Å². The molecule has 0 N–H and O–H groups in total. The van der Waals surface area contributed by atoms with Crippen molar-refractivity contribution in [3.8, 4) is 5.75 Å². The van der Waals surface area contributed by atoms with E-state index in [0.717, 1.165) is 34.9 Å². The lowest BCUT2D eigenvalue weighted by Crippen LogP contribution is -2.31. The Kier molecular flexibility index (Phi) is 6.12. The second-order valence-corrected chi connectivity index (χ2v) is 6.93. The van der Waals surface area contributed by atoms with Gasteiger partial charge < -0.3 is 14.4 Å². The summed E-state index contributed by atoms with van der Waals surface area (Å²) in [6, 6.07) is 12.0. The first kappa shape index (κ1) is 19.0. The number of methoxy groups -OCH3 is 1. The second kappa shape index (κ2) is 8.71. The van der Waals surface area contributed by atoms with Crippen LogP contribution in [0.25, 0.3) is 10.8 Å². The topological polar surface area (TPSA) is 55.8 Å². The average molecular weight is 367 g/mol. The number of nitrogens with zero attached hydrogens (tertiary/aromatic N) is 1. The normalized spacial score (nSPS) is 15.7. The summed E-state index contributed by atoms with van der Waals surface area (Å²) in [4.78, 5) is 25.7. The highest BCUT2D eigenvalue weighted by molar-refractivity contribution is 5.85. The fourth-order valence-electron chi connectivity index (χ4n) is 3.25. The smallest absolute Gasteiger partial charge is 0.306 e.